The molecule has 0 saturated carbocycles. The third-order valence-electron chi connectivity index (χ3n) is 3.01. The van der Waals surface area contributed by atoms with Gasteiger partial charge in [0.1, 0.15) is 11.5 Å². The molecule has 0 spiro atoms. The van der Waals surface area contributed by atoms with Gasteiger partial charge in [0.15, 0.2) is 0 Å². The van der Waals surface area contributed by atoms with Crippen molar-refractivity contribution in [2.75, 3.05) is 20.6 Å². The Labute approximate surface area is 105 Å². The molecule has 0 fully saturated rings. The fraction of sp³-hybridized carbons (Fsp3) is 0.714. The largest absolute Gasteiger partial charge is 0.465 e. The number of nitrogens with zero attached hydrogens (tertiary/aromatic N) is 1. The van der Waals surface area contributed by atoms with Crippen LogP contribution in [0.1, 0.15) is 43.3 Å². The lowest BCUT2D eigenvalue weighted by atomic mass is 10.2. The number of rotatable bonds is 8. The average molecular weight is 238 g/mol. The predicted molar refractivity (Wildman–Crippen MR) is 72.1 cm³/mol. The van der Waals surface area contributed by atoms with Gasteiger partial charge in [0.05, 0.1) is 6.54 Å². The van der Waals surface area contributed by atoms with Gasteiger partial charge in [-0.25, -0.2) is 0 Å². The van der Waals surface area contributed by atoms with Gasteiger partial charge in [-0.15, -0.1) is 0 Å². The summed E-state index contributed by atoms with van der Waals surface area (Å²) in [6.45, 7) is 7.25. The summed E-state index contributed by atoms with van der Waals surface area (Å²) >= 11 is 0. The van der Waals surface area contributed by atoms with E-state index >= 15 is 0 Å². The number of unbranched alkanes of at least 4 members (excludes halogenated alkanes) is 2. The highest BCUT2D eigenvalue weighted by Crippen LogP contribution is 2.16. The summed E-state index contributed by atoms with van der Waals surface area (Å²) in [5.74, 6) is 2.08. The number of furan rings is 1. The smallest absolute Gasteiger partial charge is 0.118 e. The van der Waals surface area contributed by atoms with Crippen molar-refractivity contribution >= 4 is 0 Å². The third kappa shape index (κ3) is 4.92. The van der Waals surface area contributed by atoms with E-state index < -0.39 is 0 Å². The number of aryl methyl sites for hydroxylation is 1. The van der Waals surface area contributed by atoms with Crippen LogP contribution in [0.4, 0.5) is 0 Å². The van der Waals surface area contributed by atoms with Crippen LogP contribution in [0.25, 0.3) is 0 Å². The Kier molecular flexibility index (Phi) is 6.30. The minimum Gasteiger partial charge on any atom is -0.465 e. The molecule has 1 heterocycles. The van der Waals surface area contributed by atoms with Crippen LogP contribution >= 0.6 is 0 Å². The number of hydrogen-bond donors (Lipinski definition) is 1. The summed E-state index contributed by atoms with van der Waals surface area (Å²) in [4.78, 5) is 2.37. The van der Waals surface area contributed by atoms with Gasteiger partial charge in [0, 0.05) is 12.1 Å². The normalized spacial score (nSPS) is 11.4. The molecule has 0 amide bonds. The second kappa shape index (κ2) is 7.51. The molecule has 0 saturated heterocycles. The van der Waals surface area contributed by atoms with E-state index in [-0.39, 0.29) is 0 Å². The van der Waals surface area contributed by atoms with Crippen molar-refractivity contribution in [2.45, 2.75) is 46.2 Å². The molecule has 17 heavy (non-hydrogen) atoms. The Morgan fingerprint density at radius 3 is 2.76 bits per heavy atom. The fourth-order valence-corrected chi connectivity index (χ4v) is 2.01. The van der Waals surface area contributed by atoms with Gasteiger partial charge in [0.25, 0.3) is 0 Å². The van der Waals surface area contributed by atoms with E-state index in [2.05, 4.69) is 30.3 Å². The van der Waals surface area contributed by atoms with Crippen LogP contribution in [0.15, 0.2) is 10.5 Å². The number of hydrogen-bond acceptors (Lipinski definition) is 3. The topological polar surface area (TPSA) is 28.4 Å². The highest BCUT2D eigenvalue weighted by Gasteiger charge is 2.09. The maximum absolute atomic E-state index is 5.69. The van der Waals surface area contributed by atoms with Gasteiger partial charge in [-0.05, 0) is 40.1 Å². The molecule has 3 nitrogen and oxygen atoms in total. The van der Waals surface area contributed by atoms with E-state index in [1.54, 1.807) is 0 Å². The molecule has 0 atom stereocenters. The van der Waals surface area contributed by atoms with Gasteiger partial charge in [-0.2, -0.15) is 0 Å². The molecular weight excluding hydrogens is 212 g/mol. The summed E-state index contributed by atoms with van der Waals surface area (Å²) in [5, 5.41) is 3.11. The molecule has 1 aromatic rings. The van der Waals surface area contributed by atoms with E-state index in [1.165, 1.54) is 31.4 Å². The van der Waals surface area contributed by atoms with Crippen molar-refractivity contribution in [3.63, 3.8) is 0 Å². The molecule has 0 aromatic carbocycles. The molecule has 1 rings (SSSR count). The van der Waals surface area contributed by atoms with Crippen LogP contribution in [-0.2, 0) is 13.1 Å². The van der Waals surface area contributed by atoms with Crippen LogP contribution in [0.2, 0.25) is 0 Å². The van der Waals surface area contributed by atoms with Crippen LogP contribution in [0, 0.1) is 6.92 Å². The highest BCUT2D eigenvalue weighted by atomic mass is 16.3. The zero-order chi connectivity index (χ0) is 12.7. The van der Waals surface area contributed by atoms with Crippen molar-refractivity contribution in [3.05, 3.63) is 23.2 Å². The molecule has 0 aliphatic rings. The lowest BCUT2D eigenvalue weighted by molar-refractivity contribution is 0.315. The quantitative estimate of drug-likeness (QED) is 0.706. The molecule has 0 unspecified atom stereocenters. The maximum atomic E-state index is 5.69. The Hall–Kier alpha value is -0.800. The molecule has 1 N–H and O–H groups in total. The summed E-state index contributed by atoms with van der Waals surface area (Å²) in [7, 11) is 4.12. The Balaban J connectivity index is 2.44. The molecule has 3 heteroatoms. The first kappa shape index (κ1) is 14.3. The van der Waals surface area contributed by atoms with Crippen molar-refractivity contribution in [2.24, 2.45) is 0 Å². The minimum atomic E-state index is 0.806. The standard InChI is InChI=1S/C14H26N2O/c1-5-6-7-8-16(4)11-13-9-14(10-15-3)17-12(13)2/h9,15H,5-8,10-11H2,1-4H3. The van der Waals surface area contributed by atoms with Gasteiger partial charge in [-0.1, -0.05) is 19.8 Å². The zero-order valence-electron chi connectivity index (χ0n) is 11.7. The Morgan fingerprint density at radius 2 is 2.12 bits per heavy atom. The minimum absolute atomic E-state index is 0.806. The second-order valence-corrected chi connectivity index (χ2v) is 4.77. The van der Waals surface area contributed by atoms with Gasteiger partial charge in [-0.3, -0.25) is 0 Å². The Bertz CT molecular complexity index is 320. The monoisotopic (exact) mass is 238 g/mol. The first-order chi connectivity index (χ1) is 8.17. The molecule has 0 bridgehead atoms. The lowest BCUT2D eigenvalue weighted by Gasteiger charge is -2.15. The molecule has 0 aliphatic heterocycles. The fourth-order valence-electron chi connectivity index (χ4n) is 2.01. The van der Waals surface area contributed by atoms with Crippen molar-refractivity contribution in [3.8, 4) is 0 Å². The van der Waals surface area contributed by atoms with E-state index in [0.29, 0.717) is 0 Å². The zero-order valence-corrected chi connectivity index (χ0v) is 11.7. The average Bonchev–Trinajstić information content (AvgIpc) is 2.60. The highest BCUT2D eigenvalue weighted by molar-refractivity contribution is 5.20. The first-order valence-electron chi connectivity index (χ1n) is 6.58. The maximum Gasteiger partial charge on any atom is 0.118 e. The lowest BCUT2D eigenvalue weighted by Crippen LogP contribution is -2.19. The summed E-state index contributed by atoms with van der Waals surface area (Å²) in [6, 6.07) is 2.17. The van der Waals surface area contributed by atoms with Crippen molar-refractivity contribution in [1.29, 1.82) is 0 Å². The molecular formula is C14H26N2O. The van der Waals surface area contributed by atoms with Crippen molar-refractivity contribution in [1.82, 2.24) is 10.2 Å². The van der Waals surface area contributed by atoms with E-state index in [0.717, 1.165) is 24.6 Å². The molecule has 0 radical (unpaired) electrons. The van der Waals surface area contributed by atoms with E-state index in [9.17, 15) is 0 Å². The molecule has 1 aromatic heterocycles. The summed E-state index contributed by atoms with van der Waals surface area (Å²) in [5.41, 5.74) is 1.31. The SMILES string of the molecule is CCCCCN(C)Cc1cc(CNC)oc1C. The molecule has 0 aliphatic carbocycles. The van der Waals surface area contributed by atoms with E-state index in [1.807, 2.05) is 14.0 Å². The third-order valence-corrected chi connectivity index (χ3v) is 3.01. The molecule has 98 valence electrons. The van der Waals surface area contributed by atoms with Crippen LogP contribution < -0.4 is 5.32 Å². The van der Waals surface area contributed by atoms with Crippen LogP contribution in [-0.4, -0.2) is 25.5 Å². The van der Waals surface area contributed by atoms with Crippen LogP contribution in [0.3, 0.4) is 0 Å². The number of nitrogens with one attached hydrogen (secondary N) is 1. The van der Waals surface area contributed by atoms with Gasteiger partial charge < -0.3 is 14.6 Å². The summed E-state index contributed by atoms with van der Waals surface area (Å²) in [6.07, 6.45) is 3.89. The van der Waals surface area contributed by atoms with Gasteiger partial charge in [0.2, 0.25) is 0 Å². The van der Waals surface area contributed by atoms with E-state index in [4.69, 9.17) is 4.42 Å². The van der Waals surface area contributed by atoms with Crippen LogP contribution in [0.5, 0.6) is 0 Å². The first-order valence-corrected chi connectivity index (χ1v) is 6.58. The second-order valence-electron chi connectivity index (χ2n) is 4.77. The predicted octanol–water partition coefficient (Wildman–Crippen LogP) is 2.93. The summed E-state index contributed by atoms with van der Waals surface area (Å²) < 4.78 is 5.69. The van der Waals surface area contributed by atoms with Crippen molar-refractivity contribution < 1.29 is 4.42 Å². The Morgan fingerprint density at radius 1 is 1.35 bits per heavy atom. The van der Waals surface area contributed by atoms with Gasteiger partial charge >= 0.3 is 0 Å².